The van der Waals surface area contributed by atoms with Crippen LogP contribution in [0.4, 0.5) is 10.6 Å². The van der Waals surface area contributed by atoms with Gasteiger partial charge in [0.05, 0.1) is 5.56 Å². The van der Waals surface area contributed by atoms with E-state index in [-0.39, 0.29) is 11.4 Å². The smallest absolute Gasteiger partial charge is 0.317 e. The van der Waals surface area contributed by atoms with Crippen LogP contribution in [-0.2, 0) is 6.61 Å². The van der Waals surface area contributed by atoms with E-state index in [1.807, 2.05) is 66.7 Å². The molecule has 6 N–H and O–H groups in total. The molecule has 0 saturated carbocycles. The zero-order valence-electron chi connectivity index (χ0n) is 16.0. The lowest BCUT2D eigenvalue weighted by Crippen LogP contribution is -2.22. The first-order valence-electron chi connectivity index (χ1n) is 9.30. The predicted octanol–water partition coefficient (Wildman–Crippen LogP) is 4.00. The topological polar surface area (TPSA) is 123 Å². The Morgan fingerprint density at radius 2 is 1.60 bits per heavy atom. The van der Waals surface area contributed by atoms with Crippen molar-refractivity contribution < 1.29 is 14.3 Å². The Morgan fingerprint density at radius 3 is 2.27 bits per heavy atom. The zero-order valence-corrected chi connectivity index (χ0v) is 16.0. The average Bonchev–Trinajstić information content (AvgIpc) is 3.10. The lowest BCUT2D eigenvalue weighted by molar-refractivity contribution is 0.100. The minimum Gasteiger partial charge on any atom is -0.489 e. The van der Waals surface area contributed by atoms with Gasteiger partial charge in [0, 0.05) is 10.9 Å². The molecule has 0 bridgehead atoms. The molecule has 3 aromatic carbocycles. The normalized spacial score (nSPS) is 10.7. The van der Waals surface area contributed by atoms with Crippen molar-refractivity contribution in [2.75, 3.05) is 5.32 Å². The zero-order chi connectivity index (χ0) is 21.1. The number of carbonyl (C=O) groups is 2. The number of nitrogens with two attached hydrogens (primary N) is 2. The molecular formula is C23H20N4O3. The molecule has 4 rings (SSSR count). The molecule has 0 fully saturated rings. The van der Waals surface area contributed by atoms with Gasteiger partial charge >= 0.3 is 6.03 Å². The molecular weight excluding hydrogens is 380 g/mol. The molecule has 0 saturated heterocycles. The number of H-pyrrole nitrogens is 1. The quantitative estimate of drug-likeness (QED) is 0.391. The minimum atomic E-state index is -0.782. The lowest BCUT2D eigenvalue weighted by Gasteiger charge is -2.08. The van der Waals surface area contributed by atoms with Crippen LogP contribution in [0.2, 0.25) is 0 Å². The maximum atomic E-state index is 11.8. The molecule has 0 aliphatic rings. The molecule has 4 aromatic rings. The van der Waals surface area contributed by atoms with E-state index in [0.29, 0.717) is 17.5 Å². The summed E-state index contributed by atoms with van der Waals surface area (Å²) >= 11 is 0. The van der Waals surface area contributed by atoms with Crippen molar-refractivity contribution in [3.63, 3.8) is 0 Å². The number of amides is 3. The number of aromatic nitrogens is 1. The summed E-state index contributed by atoms with van der Waals surface area (Å²) in [4.78, 5) is 26.0. The van der Waals surface area contributed by atoms with Gasteiger partial charge in [0.2, 0.25) is 0 Å². The van der Waals surface area contributed by atoms with E-state index in [2.05, 4.69) is 10.3 Å². The second-order valence-corrected chi connectivity index (χ2v) is 6.79. The minimum absolute atomic E-state index is 0.187. The second kappa shape index (κ2) is 8.00. The van der Waals surface area contributed by atoms with Crippen molar-refractivity contribution in [2.45, 2.75) is 6.61 Å². The number of carbonyl (C=O) groups excluding carboxylic acids is 2. The fourth-order valence-electron chi connectivity index (χ4n) is 3.33. The molecule has 1 aromatic heterocycles. The Balaban J connectivity index is 1.58. The summed E-state index contributed by atoms with van der Waals surface area (Å²) in [6, 6.07) is 22.5. The second-order valence-electron chi connectivity index (χ2n) is 6.79. The number of anilines is 1. The van der Waals surface area contributed by atoms with Crippen LogP contribution < -0.4 is 21.5 Å². The third kappa shape index (κ3) is 3.95. The highest BCUT2D eigenvalue weighted by atomic mass is 16.5. The SMILES string of the molecule is NC(=O)Nc1[nH]c2cc(-c3ccc(OCc4ccccc4)cc3)ccc2c1C(N)=O. The van der Waals surface area contributed by atoms with Gasteiger partial charge in [-0.3, -0.25) is 10.1 Å². The van der Waals surface area contributed by atoms with E-state index < -0.39 is 11.9 Å². The summed E-state index contributed by atoms with van der Waals surface area (Å²) < 4.78 is 5.83. The highest BCUT2D eigenvalue weighted by molar-refractivity contribution is 6.13. The average molecular weight is 400 g/mol. The first kappa shape index (κ1) is 19.1. The van der Waals surface area contributed by atoms with Crippen LogP contribution in [0.25, 0.3) is 22.0 Å². The molecule has 0 spiro atoms. The molecule has 30 heavy (non-hydrogen) atoms. The monoisotopic (exact) mass is 400 g/mol. The van der Waals surface area contributed by atoms with Crippen molar-refractivity contribution in [2.24, 2.45) is 11.5 Å². The first-order chi connectivity index (χ1) is 14.5. The summed E-state index contributed by atoms with van der Waals surface area (Å²) in [5, 5.41) is 3.01. The van der Waals surface area contributed by atoms with Crippen LogP contribution in [0.3, 0.4) is 0 Å². The van der Waals surface area contributed by atoms with Gasteiger partial charge in [-0.1, -0.05) is 54.6 Å². The summed E-state index contributed by atoms with van der Waals surface area (Å²) in [5.41, 5.74) is 14.5. The van der Waals surface area contributed by atoms with Crippen molar-refractivity contribution in [3.8, 4) is 16.9 Å². The van der Waals surface area contributed by atoms with E-state index >= 15 is 0 Å². The van der Waals surface area contributed by atoms with Crippen LogP contribution in [-0.4, -0.2) is 16.9 Å². The van der Waals surface area contributed by atoms with Crippen LogP contribution >= 0.6 is 0 Å². The Morgan fingerprint density at radius 1 is 0.900 bits per heavy atom. The summed E-state index contributed by atoms with van der Waals surface area (Å²) in [5.74, 6) is 0.303. The summed E-state index contributed by atoms with van der Waals surface area (Å²) in [6.45, 7) is 0.500. The maximum absolute atomic E-state index is 11.8. The Kier molecular flexibility index (Phi) is 5.09. The molecule has 7 nitrogen and oxygen atoms in total. The standard InChI is InChI=1S/C23H20N4O3/c24-21(28)20-18-11-8-16(12-19(18)26-22(20)27-23(25)29)15-6-9-17(10-7-15)30-13-14-4-2-1-3-5-14/h1-12,26H,13H2,(H2,24,28)(H3,25,27,29). The molecule has 0 atom stereocenters. The fraction of sp³-hybridized carbons (Fsp3) is 0.0435. The number of nitrogens with one attached hydrogen (secondary N) is 2. The number of aromatic amines is 1. The Labute approximate surface area is 172 Å². The van der Waals surface area contributed by atoms with E-state index in [9.17, 15) is 9.59 Å². The highest BCUT2D eigenvalue weighted by Crippen LogP contribution is 2.31. The molecule has 0 radical (unpaired) electrons. The Hall–Kier alpha value is -4.26. The van der Waals surface area contributed by atoms with E-state index in [1.54, 1.807) is 6.07 Å². The van der Waals surface area contributed by atoms with Crippen molar-refractivity contribution in [1.82, 2.24) is 4.98 Å². The molecule has 0 unspecified atom stereocenters. The largest absolute Gasteiger partial charge is 0.489 e. The third-order valence-corrected chi connectivity index (χ3v) is 4.73. The number of hydrogen-bond acceptors (Lipinski definition) is 3. The van der Waals surface area contributed by atoms with Gasteiger partial charge < -0.3 is 21.2 Å². The number of primary amides is 2. The van der Waals surface area contributed by atoms with Gasteiger partial charge in [0.15, 0.2) is 0 Å². The number of benzene rings is 3. The van der Waals surface area contributed by atoms with Crippen LogP contribution in [0, 0.1) is 0 Å². The van der Waals surface area contributed by atoms with Crippen molar-refractivity contribution >= 4 is 28.7 Å². The molecule has 3 amide bonds. The number of fused-ring (bicyclic) bond motifs is 1. The van der Waals surface area contributed by atoms with Gasteiger partial charge in [0.25, 0.3) is 5.91 Å². The Bertz CT molecular complexity index is 1210. The van der Waals surface area contributed by atoms with Gasteiger partial charge in [-0.05, 0) is 34.9 Å². The molecule has 150 valence electrons. The van der Waals surface area contributed by atoms with E-state index in [0.717, 1.165) is 22.4 Å². The van der Waals surface area contributed by atoms with Gasteiger partial charge in [-0.2, -0.15) is 0 Å². The van der Waals surface area contributed by atoms with Gasteiger partial charge in [-0.25, -0.2) is 4.79 Å². The third-order valence-electron chi connectivity index (χ3n) is 4.73. The number of rotatable bonds is 6. The number of ether oxygens (including phenoxy) is 1. The molecule has 0 aliphatic heterocycles. The predicted molar refractivity (Wildman–Crippen MR) is 116 cm³/mol. The summed E-state index contributed by atoms with van der Waals surface area (Å²) in [7, 11) is 0. The van der Waals surface area contributed by atoms with Crippen molar-refractivity contribution in [1.29, 1.82) is 0 Å². The first-order valence-corrected chi connectivity index (χ1v) is 9.30. The molecule has 1 heterocycles. The highest BCUT2D eigenvalue weighted by Gasteiger charge is 2.17. The number of hydrogen-bond donors (Lipinski definition) is 4. The molecule has 0 aliphatic carbocycles. The van der Waals surface area contributed by atoms with Gasteiger partial charge in [0.1, 0.15) is 18.2 Å². The van der Waals surface area contributed by atoms with Crippen LogP contribution in [0.5, 0.6) is 5.75 Å². The lowest BCUT2D eigenvalue weighted by atomic mass is 10.0. The molecule has 7 heteroatoms. The van der Waals surface area contributed by atoms with Crippen LogP contribution in [0.15, 0.2) is 72.8 Å². The number of urea groups is 1. The van der Waals surface area contributed by atoms with Crippen LogP contribution in [0.1, 0.15) is 15.9 Å². The fourth-order valence-corrected chi connectivity index (χ4v) is 3.33. The van der Waals surface area contributed by atoms with Gasteiger partial charge in [-0.15, -0.1) is 0 Å². The maximum Gasteiger partial charge on any atom is 0.317 e. The van der Waals surface area contributed by atoms with Crippen molar-refractivity contribution in [3.05, 3.63) is 83.9 Å². The van der Waals surface area contributed by atoms with E-state index in [1.165, 1.54) is 0 Å². The van der Waals surface area contributed by atoms with E-state index in [4.69, 9.17) is 16.2 Å². The summed E-state index contributed by atoms with van der Waals surface area (Å²) in [6.07, 6.45) is 0.